The third-order valence-corrected chi connectivity index (χ3v) is 4.42. The van der Waals surface area contributed by atoms with Crippen molar-refractivity contribution in [2.45, 2.75) is 32.7 Å². The first-order valence-corrected chi connectivity index (χ1v) is 9.33. The molecule has 1 atom stereocenters. The Morgan fingerprint density at radius 2 is 1.78 bits per heavy atom. The van der Waals surface area contributed by atoms with Gasteiger partial charge in [-0.25, -0.2) is 0 Å². The van der Waals surface area contributed by atoms with E-state index in [1.54, 1.807) is 4.90 Å². The lowest BCUT2D eigenvalue weighted by atomic mass is 10.1. The smallest absolute Gasteiger partial charge is 0.239 e. The fourth-order valence-corrected chi connectivity index (χ4v) is 3.00. The fraction of sp³-hybridized carbons (Fsp3) is 0.579. The summed E-state index contributed by atoms with van der Waals surface area (Å²) in [5, 5.41) is 2.89. The lowest BCUT2D eigenvalue weighted by Crippen LogP contribution is -2.54. The Hall–Kier alpha value is -1.83. The van der Waals surface area contributed by atoms with Gasteiger partial charge in [-0.15, -0.1) is 12.4 Å². The van der Waals surface area contributed by atoms with Crippen LogP contribution in [0.3, 0.4) is 0 Å². The standard InChI is InChI=1S/C19H30N4O3.ClH/c1-3-5-17(20)19(25)23-12-10-22(11-13-23)14-18(24)21-15-6-8-16(9-7-15)26-4-2;/h6-9,17H,3-5,10-14,20H2,1-2H3,(H,21,24);1H. The second-order valence-corrected chi connectivity index (χ2v) is 6.50. The summed E-state index contributed by atoms with van der Waals surface area (Å²) in [7, 11) is 0. The van der Waals surface area contributed by atoms with Gasteiger partial charge in [-0.05, 0) is 37.6 Å². The molecule has 0 aromatic heterocycles. The number of halogens is 1. The molecule has 0 aliphatic carbocycles. The minimum atomic E-state index is -0.408. The normalized spacial score (nSPS) is 15.6. The van der Waals surface area contributed by atoms with Crippen LogP contribution in [-0.4, -0.2) is 67.0 Å². The van der Waals surface area contributed by atoms with E-state index in [0.717, 1.165) is 17.9 Å². The first-order chi connectivity index (χ1) is 12.5. The van der Waals surface area contributed by atoms with E-state index in [2.05, 4.69) is 10.2 Å². The second kappa shape index (κ2) is 11.8. The summed E-state index contributed by atoms with van der Waals surface area (Å²) in [6.45, 7) is 7.48. The maximum absolute atomic E-state index is 12.2. The molecule has 1 heterocycles. The van der Waals surface area contributed by atoms with Crippen molar-refractivity contribution in [3.63, 3.8) is 0 Å². The van der Waals surface area contributed by atoms with E-state index in [1.807, 2.05) is 38.1 Å². The van der Waals surface area contributed by atoms with Gasteiger partial charge < -0.3 is 20.7 Å². The van der Waals surface area contributed by atoms with Crippen molar-refractivity contribution in [3.05, 3.63) is 24.3 Å². The van der Waals surface area contributed by atoms with Crippen molar-refractivity contribution in [3.8, 4) is 5.75 Å². The third-order valence-electron chi connectivity index (χ3n) is 4.42. The molecule has 2 amide bonds. The van der Waals surface area contributed by atoms with Crippen LogP contribution < -0.4 is 15.8 Å². The number of hydrogen-bond donors (Lipinski definition) is 2. The molecular weight excluding hydrogens is 368 g/mol. The van der Waals surface area contributed by atoms with Gasteiger partial charge in [0.05, 0.1) is 19.2 Å². The molecule has 0 bridgehead atoms. The quantitative estimate of drug-likeness (QED) is 0.696. The maximum atomic E-state index is 12.2. The maximum Gasteiger partial charge on any atom is 0.239 e. The van der Waals surface area contributed by atoms with Crippen LogP contribution in [0.15, 0.2) is 24.3 Å². The summed E-state index contributed by atoms with van der Waals surface area (Å²) in [6, 6.07) is 6.92. The molecule has 0 saturated carbocycles. The number of nitrogens with one attached hydrogen (secondary N) is 1. The molecule has 8 heteroatoms. The average Bonchev–Trinajstić information content (AvgIpc) is 2.64. The zero-order valence-corrected chi connectivity index (χ0v) is 17.0. The van der Waals surface area contributed by atoms with E-state index >= 15 is 0 Å². The summed E-state index contributed by atoms with van der Waals surface area (Å²) in [6.07, 6.45) is 1.61. The summed E-state index contributed by atoms with van der Waals surface area (Å²) in [5.74, 6) is 0.745. The number of ether oxygens (including phenoxy) is 1. The number of hydrogen-bond acceptors (Lipinski definition) is 5. The van der Waals surface area contributed by atoms with Gasteiger partial charge in [0, 0.05) is 31.9 Å². The summed E-state index contributed by atoms with van der Waals surface area (Å²) in [5.41, 5.74) is 6.66. The van der Waals surface area contributed by atoms with Crippen LogP contribution in [0.4, 0.5) is 5.69 Å². The lowest BCUT2D eigenvalue weighted by Gasteiger charge is -2.35. The molecule has 1 aliphatic heterocycles. The SMILES string of the molecule is CCCC(N)C(=O)N1CCN(CC(=O)Nc2ccc(OCC)cc2)CC1.Cl. The van der Waals surface area contributed by atoms with Gasteiger partial charge in [-0.1, -0.05) is 13.3 Å². The molecule has 0 radical (unpaired) electrons. The second-order valence-electron chi connectivity index (χ2n) is 6.50. The molecule has 7 nitrogen and oxygen atoms in total. The average molecular weight is 399 g/mol. The number of amides is 2. The molecule has 1 unspecified atom stereocenters. The van der Waals surface area contributed by atoms with Crippen LogP contribution in [0.25, 0.3) is 0 Å². The van der Waals surface area contributed by atoms with Gasteiger partial charge in [0.1, 0.15) is 5.75 Å². The molecular formula is C19H31ClN4O3. The summed E-state index contributed by atoms with van der Waals surface area (Å²) >= 11 is 0. The number of piperazine rings is 1. The first-order valence-electron chi connectivity index (χ1n) is 9.33. The minimum absolute atomic E-state index is 0. The Kier molecular flexibility index (Phi) is 10.1. The molecule has 0 spiro atoms. The Morgan fingerprint density at radius 3 is 2.33 bits per heavy atom. The number of nitrogens with two attached hydrogens (primary N) is 1. The number of nitrogens with zero attached hydrogens (tertiary/aromatic N) is 2. The Balaban J connectivity index is 0.00000364. The van der Waals surface area contributed by atoms with Gasteiger partial charge in [0.15, 0.2) is 0 Å². The van der Waals surface area contributed by atoms with E-state index in [1.165, 1.54) is 0 Å². The summed E-state index contributed by atoms with van der Waals surface area (Å²) < 4.78 is 5.39. The number of rotatable bonds is 8. The zero-order chi connectivity index (χ0) is 18.9. The topological polar surface area (TPSA) is 87.9 Å². The van der Waals surface area contributed by atoms with E-state index in [0.29, 0.717) is 45.8 Å². The fourth-order valence-electron chi connectivity index (χ4n) is 3.00. The summed E-state index contributed by atoms with van der Waals surface area (Å²) in [4.78, 5) is 28.3. The van der Waals surface area contributed by atoms with Gasteiger partial charge in [-0.3, -0.25) is 14.5 Å². The van der Waals surface area contributed by atoms with Crippen molar-refractivity contribution in [1.29, 1.82) is 0 Å². The molecule has 1 fully saturated rings. The number of carbonyl (C=O) groups excluding carboxylic acids is 2. The van der Waals surface area contributed by atoms with Crippen molar-refractivity contribution >= 4 is 29.9 Å². The van der Waals surface area contributed by atoms with E-state index in [-0.39, 0.29) is 24.2 Å². The highest BCUT2D eigenvalue weighted by Gasteiger charge is 2.25. The van der Waals surface area contributed by atoms with Gasteiger partial charge >= 0.3 is 0 Å². The third kappa shape index (κ3) is 7.36. The molecule has 152 valence electrons. The van der Waals surface area contributed by atoms with Crippen LogP contribution >= 0.6 is 12.4 Å². The predicted molar refractivity (Wildman–Crippen MR) is 109 cm³/mol. The van der Waals surface area contributed by atoms with Crippen molar-refractivity contribution < 1.29 is 14.3 Å². The predicted octanol–water partition coefficient (Wildman–Crippen LogP) is 1.72. The van der Waals surface area contributed by atoms with Crippen molar-refractivity contribution in [1.82, 2.24) is 9.80 Å². The number of benzene rings is 1. The molecule has 1 aliphatic rings. The molecule has 3 N–H and O–H groups in total. The van der Waals surface area contributed by atoms with E-state index in [9.17, 15) is 9.59 Å². The zero-order valence-electron chi connectivity index (χ0n) is 16.1. The molecule has 1 aromatic carbocycles. The van der Waals surface area contributed by atoms with Crippen LogP contribution in [-0.2, 0) is 9.59 Å². The number of carbonyl (C=O) groups is 2. The van der Waals surface area contributed by atoms with Crippen LogP contribution in [0, 0.1) is 0 Å². The van der Waals surface area contributed by atoms with E-state index in [4.69, 9.17) is 10.5 Å². The van der Waals surface area contributed by atoms with Crippen LogP contribution in [0.2, 0.25) is 0 Å². The lowest BCUT2D eigenvalue weighted by molar-refractivity contribution is -0.134. The van der Waals surface area contributed by atoms with Crippen molar-refractivity contribution in [2.24, 2.45) is 5.73 Å². The Labute approximate surface area is 167 Å². The van der Waals surface area contributed by atoms with Gasteiger partial charge in [0.2, 0.25) is 11.8 Å². The van der Waals surface area contributed by atoms with Gasteiger partial charge in [0.25, 0.3) is 0 Å². The van der Waals surface area contributed by atoms with E-state index < -0.39 is 6.04 Å². The number of anilines is 1. The van der Waals surface area contributed by atoms with Crippen LogP contribution in [0.5, 0.6) is 5.75 Å². The highest BCUT2D eigenvalue weighted by atomic mass is 35.5. The van der Waals surface area contributed by atoms with Gasteiger partial charge in [-0.2, -0.15) is 0 Å². The first kappa shape index (κ1) is 23.2. The van der Waals surface area contributed by atoms with Crippen molar-refractivity contribution in [2.75, 3.05) is 44.6 Å². The minimum Gasteiger partial charge on any atom is -0.494 e. The monoisotopic (exact) mass is 398 g/mol. The highest BCUT2D eigenvalue weighted by Crippen LogP contribution is 2.15. The molecule has 27 heavy (non-hydrogen) atoms. The molecule has 1 aromatic rings. The largest absolute Gasteiger partial charge is 0.494 e. The molecule has 1 saturated heterocycles. The molecule has 2 rings (SSSR count). The Morgan fingerprint density at radius 1 is 1.15 bits per heavy atom. The van der Waals surface area contributed by atoms with Crippen LogP contribution in [0.1, 0.15) is 26.7 Å². The highest BCUT2D eigenvalue weighted by molar-refractivity contribution is 5.92. The Bertz CT molecular complexity index is 589.